The van der Waals surface area contributed by atoms with Crippen molar-refractivity contribution in [3.05, 3.63) is 77.4 Å². The van der Waals surface area contributed by atoms with Crippen LogP contribution in [0.1, 0.15) is 5.56 Å². The summed E-state index contributed by atoms with van der Waals surface area (Å²) in [7, 11) is -0.844. The lowest BCUT2D eigenvalue weighted by atomic mass is 9.99. The van der Waals surface area contributed by atoms with Crippen molar-refractivity contribution < 1.29 is 26.0 Å². The molecule has 9 heteroatoms. The molecular weight excluding hydrogens is 420 g/mol. The molecule has 0 heterocycles. The van der Waals surface area contributed by atoms with Gasteiger partial charge in [0.2, 0.25) is 0 Å². The van der Waals surface area contributed by atoms with E-state index in [1.54, 1.807) is 38.1 Å². The van der Waals surface area contributed by atoms with Gasteiger partial charge in [-0.1, -0.05) is 24.3 Å². The van der Waals surface area contributed by atoms with Crippen LogP contribution >= 0.6 is 0 Å². The van der Waals surface area contributed by atoms with Crippen LogP contribution in [0.2, 0.25) is 0 Å². The third kappa shape index (κ3) is 3.85. The summed E-state index contributed by atoms with van der Waals surface area (Å²) in [6, 6.07) is 11.3. The van der Waals surface area contributed by atoms with Crippen molar-refractivity contribution >= 4 is 21.4 Å². The number of rotatable bonds is 5. The van der Waals surface area contributed by atoms with Crippen molar-refractivity contribution in [3.63, 3.8) is 0 Å². The molecule has 3 rings (SSSR count). The number of aryl methyl sites for hydroxylation is 1. The third-order valence-corrected chi connectivity index (χ3v) is 5.89. The predicted molar refractivity (Wildman–Crippen MR) is 108 cm³/mol. The van der Waals surface area contributed by atoms with Gasteiger partial charge in [0.05, 0.1) is 10.6 Å². The molecule has 0 aliphatic heterocycles. The largest absolute Gasteiger partial charge is 0.377 e. The van der Waals surface area contributed by atoms with E-state index in [0.717, 1.165) is 5.69 Å². The number of nitrogens with zero attached hydrogens (tertiary/aromatic N) is 1. The average molecular weight is 438 g/mol. The van der Waals surface area contributed by atoms with Crippen LogP contribution in [0.5, 0.6) is 0 Å². The summed E-state index contributed by atoms with van der Waals surface area (Å²) in [5, 5.41) is 0. The normalized spacial score (nSPS) is 11.4. The van der Waals surface area contributed by atoms with Crippen molar-refractivity contribution in [2.75, 3.05) is 23.7 Å². The zero-order chi connectivity index (χ0) is 22.2. The second-order valence-electron chi connectivity index (χ2n) is 6.82. The molecule has 158 valence electrons. The van der Waals surface area contributed by atoms with Crippen LogP contribution in [-0.2, 0) is 10.0 Å². The molecule has 0 saturated heterocycles. The summed E-state index contributed by atoms with van der Waals surface area (Å²) in [5.41, 5.74) is -0.349. The Labute approximate surface area is 171 Å². The van der Waals surface area contributed by atoms with Crippen molar-refractivity contribution in [3.8, 4) is 11.1 Å². The summed E-state index contributed by atoms with van der Waals surface area (Å²) in [6.07, 6.45) is 0. The Morgan fingerprint density at radius 2 is 1.43 bits per heavy atom. The molecule has 1 N–H and O–H groups in total. The van der Waals surface area contributed by atoms with E-state index in [9.17, 15) is 26.0 Å². The van der Waals surface area contributed by atoms with Gasteiger partial charge in [0, 0.05) is 25.3 Å². The van der Waals surface area contributed by atoms with E-state index in [0.29, 0.717) is 5.56 Å². The number of sulfonamides is 1. The first kappa shape index (κ1) is 21.6. The van der Waals surface area contributed by atoms with Gasteiger partial charge < -0.3 is 4.90 Å². The number of halogens is 4. The molecule has 3 aromatic carbocycles. The molecule has 0 atom stereocenters. The fourth-order valence-electron chi connectivity index (χ4n) is 3.10. The molecule has 0 aliphatic rings. The van der Waals surface area contributed by atoms with Crippen LogP contribution in [0.15, 0.2) is 53.4 Å². The van der Waals surface area contributed by atoms with Gasteiger partial charge in [-0.3, -0.25) is 4.72 Å². The highest BCUT2D eigenvalue weighted by Crippen LogP contribution is 2.39. The summed E-state index contributed by atoms with van der Waals surface area (Å²) < 4.78 is 84.4. The van der Waals surface area contributed by atoms with E-state index in [4.69, 9.17) is 0 Å². The lowest BCUT2D eigenvalue weighted by molar-refractivity contribution is 0.413. The van der Waals surface area contributed by atoms with Crippen molar-refractivity contribution in [2.45, 2.75) is 11.8 Å². The van der Waals surface area contributed by atoms with E-state index >= 15 is 0 Å². The van der Waals surface area contributed by atoms with Crippen molar-refractivity contribution in [1.29, 1.82) is 0 Å². The van der Waals surface area contributed by atoms with Gasteiger partial charge in [-0.25, -0.2) is 26.0 Å². The second-order valence-corrected chi connectivity index (χ2v) is 8.50. The number of hydrogen-bond acceptors (Lipinski definition) is 3. The molecule has 0 saturated carbocycles. The smallest absolute Gasteiger partial charge is 0.262 e. The van der Waals surface area contributed by atoms with E-state index in [1.807, 2.05) is 4.72 Å². The lowest BCUT2D eigenvalue weighted by Crippen LogP contribution is -2.17. The number of hydrogen-bond donors (Lipinski definition) is 1. The Kier molecular flexibility index (Phi) is 5.76. The molecule has 0 unspecified atom stereocenters. The fourth-order valence-corrected chi connectivity index (χ4v) is 4.20. The highest BCUT2D eigenvalue weighted by molar-refractivity contribution is 7.92. The molecule has 0 fully saturated rings. The van der Waals surface area contributed by atoms with Crippen LogP contribution in [0.25, 0.3) is 11.1 Å². The minimum absolute atomic E-state index is 0.0147. The quantitative estimate of drug-likeness (QED) is 0.343. The van der Waals surface area contributed by atoms with Crippen LogP contribution < -0.4 is 9.62 Å². The topological polar surface area (TPSA) is 49.4 Å². The molecule has 0 aliphatic carbocycles. The predicted octanol–water partition coefficient (Wildman–Crippen LogP) is 5.09. The molecule has 4 nitrogen and oxygen atoms in total. The molecule has 3 aromatic rings. The van der Waals surface area contributed by atoms with E-state index in [1.165, 1.54) is 36.4 Å². The maximum atomic E-state index is 14.7. The Bertz CT molecular complexity index is 1210. The Balaban J connectivity index is 2.25. The highest BCUT2D eigenvalue weighted by Gasteiger charge is 2.29. The van der Waals surface area contributed by atoms with Gasteiger partial charge in [-0.2, -0.15) is 0 Å². The number of nitrogens with one attached hydrogen (secondary N) is 1. The van der Waals surface area contributed by atoms with E-state index in [2.05, 4.69) is 0 Å². The first-order valence-corrected chi connectivity index (χ1v) is 10.2. The molecule has 0 amide bonds. The van der Waals surface area contributed by atoms with Crippen molar-refractivity contribution in [2.24, 2.45) is 0 Å². The van der Waals surface area contributed by atoms with E-state index < -0.39 is 44.5 Å². The summed E-state index contributed by atoms with van der Waals surface area (Å²) in [5.74, 6) is -7.67. The Hall–Kier alpha value is -3.07. The minimum Gasteiger partial charge on any atom is -0.377 e. The van der Waals surface area contributed by atoms with Gasteiger partial charge in [0.1, 0.15) is 0 Å². The molecule has 30 heavy (non-hydrogen) atoms. The molecular formula is C21H18F4N2O2S. The second kappa shape index (κ2) is 7.98. The van der Waals surface area contributed by atoms with E-state index in [-0.39, 0.29) is 10.5 Å². The van der Waals surface area contributed by atoms with Crippen LogP contribution in [0, 0.1) is 30.2 Å². The summed E-state index contributed by atoms with van der Waals surface area (Å²) in [4.78, 5) is 1.53. The summed E-state index contributed by atoms with van der Waals surface area (Å²) >= 11 is 0. The molecule has 0 bridgehead atoms. The fraction of sp³-hybridized carbons (Fsp3) is 0.143. The summed E-state index contributed by atoms with van der Waals surface area (Å²) in [6.45, 7) is 1.70. The molecule has 0 radical (unpaired) electrons. The standard InChI is InChI=1S/C21H18F4N2O2S/c1-12-11-13(9-10-15(12)27(2)3)16-17(22)18(23)19(24)20(25)21(16)26-30(28,29)14-7-5-4-6-8-14/h4-11,26H,1-3H3. The first-order valence-electron chi connectivity index (χ1n) is 8.76. The van der Waals surface area contributed by atoms with Crippen LogP contribution in [-0.4, -0.2) is 22.5 Å². The van der Waals surface area contributed by atoms with Gasteiger partial charge in [0.25, 0.3) is 10.0 Å². The SMILES string of the molecule is Cc1cc(-c2c(F)c(F)c(F)c(F)c2NS(=O)(=O)c2ccccc2)ccc1N(C)C. The van der Waals surface area contributed by atoms with Crippen LogP contribution in [0.4, 0.5) is 28.9 Å². The zero-order valence-corrected chi connectivity index (χ0v) is 17.1. The maximum Gasteiger partial charge on any atom is 0.262 e. The lowest BCUT2D eigenvalue weighted by Gasteiger charge is -2.19. The maximum absolute atomic E-state index is 14.7. The first-order chi connectivity index (χ1) is 14.0. The van der Waals surface area contributed by atoms with Gasteiger partial charge in [0.15, 0.2) is 23.3 Å². The number of benzene rings is 3. The van der Waals surface area contributed by atoms with Crippen molar-refractivity contribution in [1.82, 2.24) is 0 Å². The Morgan fingerprint density at radius 3 is 2.00 bits per heavy atom. The third-order valence-electron chi connectivity index (χ3n) is 4.52. The van der Waals surface area contributed by atoms with Gasteiger partial charge in [-0.15, -0.1) is 0 Å². The minimum atomic E-state index is -4.40. The zero-order valence-electron chi connectivity index (χ0n) is 16.3. The number of anilines is 2. The monoisotopic (exact) mass is 438 g/mol. The van der Waals surface area contributed by atoms with Crippen LogP contribution in [0.3, 0.4) is 0 Å². The Morgan fingerprint density at radius 1 is 0.833 bits per heavy atom. The highest BCUT2D eigenvalue weighted by atomic mass is 32.2. The molecule has 0 aromatic heterocycles. The average Bonchev–Trinajstić information content (AvgIpc) is 2.71. The molecule has 0 spiro atoms. The van der Waals surface area contributed by atoms with Gasteiger partial charge in [-0.05, 0) is 42.3 Å². The van der Waals surface area contributed by atoms with Gasteiger partial charge >= 0.3 is 0 Å².